The van der Waals surface area contributed by atoms with Gasteiger partial charge in [-0.15, -0.1) is 0 Å². The number of hydrogen-bond acceptors (Lipinski definition) is 5. The van der Waals surface area contributed by atoms with Crippen molar-refractivity contribution in [1.82, 2.24) is 0 Å². The third-order valence-corrected chi connectivity index (χ3v) is 7.59. The molecule has 0 saturated heterocycles. The fourth-order valence-electron chi connectivity index (χ4n) is 3.45. The Morgan fingerprint density at radius 3 is 2.28 bits per heavy atom. The fraction of sp³-hybridized carbons (Fsp3) is 0. The van der Waals surface area contributed by atoms with Gasteiger partial charge in [0.05, 0.1) is 15.3 Å². The van der Waals surface area contributed by atoms with Gasteiger partial charge < -0.3 is 4.42 Å². The first-order valence-electron chi connectivity index (χ1n) is 8.59. The molecule has 4 aromatic carbocycles. The Labute approximate surface area is 177 Å². The Hall–Kier alpha value is -2.68. The number of hydrogen-bond donors (Lipinski definition) is 1. The van der Waals surface area contributed by atoms with Crippen molar-refractivity contribution in [1.29, 1.82) is 0 Å². The number of sulfonamides is 1. The van der Waals surface area contributed by atoms with Gasteiger partial charge in [0.1, 0.15) is 0 Å². The van der Waals surface area contributed by atoms with Crippen LogP contribution < -0.4 is 9.66 Å². The Morgan fingerprint density at radius 2 is 1.52 bits per heavy atom. The molecule has 0 aliphatic carbocycles. The normalized spacial score (nSPS) is 12.0. The van der Waals surface area contributed by atoms with Gasteiger partial charge in [0.25, 0.3) is 10.0 Å². The van der Waals surface area contributed by atoms with Crippen molar-refractivity contribution >= 4 is 74.8 Å². The molecule has 5 nitrogen and oxygen atoms in total. The molecule has 29 heavy (non-hydrogen) atoms. The minimum atomic E-state index is -3.88. The number of rotatable bonds is 3. The van der Waals surface area contributed by atoms with Gasteiger partial charge >= 0.3 is 4.94 Å². The zero-order valence-corrected chi connectivity index (χ0v) is 17.9. The summed E-state index contributed by atoms with van der Waals surface area (Å²) in [5, 5.41) is 2.77. The molecule has 0 unspecified atom stereocenters. The average molecular weight is 486 g/mol. The fourth-order valence-corrected chi connectivity index (χ4v) is 5.94. The topological polar surface area (TPSA) is 76.4 Å². The van der Waals surface area contributed by atoms with E-state index in [9.17, 15) is 13.2 Å². The predicted molar refractivity (Wildman–Crippen MR) is 120 cm³/mol. The van der Waals surface area contributed by atoms with Crippen molar-refractivity contribution in [2.24, 2.45) is 0 Å². The zero-order chi connectivity index (χ0) is 20.2. The monoisotopic (exact) mass is 485 g/mol. The molecule has 0 bridgehead atoms. The molecule has 1 aromatic heterocycles. The molecule has 0 amide bonds. The van der Waals surface area contributed by atoms with Gasteiger partial charge in [-0.1, -0.05) is 75.8 Å². The maximum Gasteiger partial charge on any atom is 0.396 e. The van der Waals surface area contributed by atoms with Crippen LogP contribution in [0.15, 0.2) is 85.3 Å². The lowest BCUT2D eigenvalue weighted by molar-refractivity contribution is 0.588. The Kier molecular flexibility index (Phi) is 4.23. The summed E-state index contributed by atoms with van der Waals surface area (Å²) < 4.78 is 36.0. The second kappa shape index (κ2) is 6.69. The Bertz CT molecular complexity index is 1590. The van der Waals surface area contributed by atoms with Gasteiger partial charge in [-0.25, -0.2) is 13.2 Å². The second-order valence-electron chi connectivity index (χ2n) is 6.45. The van der Waals surface area contributed by atoms with E-state index in [1.54, 1.807) is 42.5 Å². The van der Waals surface area contributed by atoms with E-state index in [1.165, 1.54) is 0 Å². The van der Waals surface area contributed by atoms with Crippen LogP contribution >= 0.6 is 27.3 Å². The largest absolute Gasteiger partial charge is 0.413 e. The van der Waals surface area contributed by atoms with Gasteiger partial charge in [0.2, 0.25) is 0 Å². The number of benzene rings is 4. The maximum atomic E-state index is 13.3. The highest BCUT2D eigenvalue weighted by atomic mass is 79.9. The number of anilines is 1. The van der Waals surface area contributed by atoms with Gasteiger partial charge in [-0.05, 0) is 23.6 Å². The van der Waals surface area contributed by atoms with E-state index in [-0.39, 0.29) is 4.90 Å². The quantitative estimate of drug-likeness (QED) is 0.354. The summed E-state index contributed by atoms with van der Waals surface area (Å²) in [6.45, 7) is 0. The van der Waals surface area contributed by atoms with Crippen LogP contribution in [0.4, 0.5) is 5.69 Å². The molecule has 144 valence electrons. The second-order valence-corrected chi connectivity index (χ2v) is 9.93. The standard InChI is InChI=1S/C21H12BrNO4S2/c22-16-9-10-19(14-7-3-1-5-12(14)16)29(25,26)23-17-11-18-20(27-21(24)28-18)15-8-4-2-6-13(15)17/h1-11,23H. The van der Waals surface area contributed by atoms with Crippen LogP contribution in [0.5, 0.6) is 0 Å². The summed E-state index contributed by atoms with van der Waals surface area (Å²) in [7, 11) is -3.88. The minimum absolute atomic E-state index is 0.181. The van der Waals surface area contributed by atoms with E-state index >= 15 is 0 Å². The van der Waals surface area contributed by atoms with E-state index < -0.39 is 15.0 Å². The first kappa shape index (κ1) is 18.4. The highest BCUT2D eigenvalue weighted by Crippen LogP contribution is 2.36. The molecule has 1 heterocycles. The van der Waals surface area contributed by atoms with Crippen LogP contribution in [-0.2, 0) is 10.0 Å². The lowest BCUT2D eigenvalue weighted by atomic mass is 10.1. The zero-order valence-electron chi connectivity index (χ0n) is 14.7. The lowest BCUT2D eigenvalue weighted by Gasteiger charge is -2.13. The third-order valence-electron chi connectivity index (χ3n) is 4.70. The Balaban J connectivity index is 1.73. The molecule has 0 aliphatic rings. The molecule has 0 saturated carbocycles. The van der Waals surface area contributed by atoms with Gasteiger partial charge in [0.15, 0.2) is 5.58 Å². The summed E-state index contributed by atoms with van der Waals surface area (Å²) in [6.07, 6.45) is 0. The minimum Gasteiger partial charge on any atom is -0.413 e. The van der Waals surface area contributed by atoms with Crippen molar-refractivity contribution in [3.8, 4) is 0 Å². The molecule has 0 fully saturated rings. The third kappa shape index (κ3) is 3.04. The van der Waals surface area contributed by atoms with E-state index in [4.69, 9.17) is 4.42 Å². The van der Waals surface area contributed by atoms with E-state index in [1.807, 2.05) is 24.3 Å². The highest BCUT2D eigenvalue weighted by Gasteiger charge is 2.21. The van der Waals surface area contributed by atoms with Gasteiger partial charge in [-0.3, -0.25) is 4.72 Å². The molecule has 0 atom stereocenters. The van der Waals surface area contributed by atoms with E-state index in [2.05, 4.69) is 20.7 Å². The lowest BCUT2D eigenvalue weighted by Crippen LogP contribution is -2.13. The van der Waals surface area contributed by atoms with Crippen LogP contribution in [0.2, 0.25) is 0 Å². The molecular formula is C21H12BrNO4S2. The molecule has 8 heteroatoms. The Morgan fingerprint density at radius 1 is 0.862 bits per heavy atom. The van der Waals surface area contributed by atoms with Crippen LogP contribution in [0.1, 0.15) is 0 Å². The molecule has 1 N–H and O–H groups in total. The van der Waals surface area contributed by atoms with Crippen LogP contribution in [0.25, 0.3) is 31.8 Å². The van der Waals surface area contributed by atoms with Crippen LogP contribution in [-0.4, -0.2) is 8.42 Å². The predicted octanol–water partition coefficient (Wildman–Crippen LogP) is 5.72. The first-order chi connectivity index (χ1) is 13.9. The molecular weight excluding hydrogens is 474 g/mol. The summed E-state index contributed by atoms with van der Waals surface area (Å²) in [5.41, 5.74) is 0.866. The molecule has 0 radical (unpaired) electrons. The van der Waals surface area contributed by atoms with Crippen molar-refractivity contribution in [2.75, 3.05) is 4.72 Å². The average Bonchev–Trinajstić information content (AvgIpc) is 3.08. The summed E-state index contributed by atoms with van der Waals surface area (Å²) in [4.78, 5) is 11.5. The van der Waals surface area contributed by atoms with E-state index in [0.717, 1.165) is 21.2 Å². The maximum absolute atomic E-state index is 13.3. The van der Waals surface area contributed by atoms with Crippen molar-refractivity contribution in [3.05, 3.63) is 80.9 Å². The smallest absolute Gasteiger partial charge is 0.396 e. The first-order valence-corrected chi connectivity index (χ1v) is 11.7. The van der Waals surface area contributed by atoms with Crippen molar-refractivity contribution in [2.45, 2.75) is 4.90 Å². The van der Waals surface area contributed by atoms with Gasteiger partial charge in [-0.2, -0.15) is 0 Å². The van der Waals surface area contributed by atoms with Crippen molar-refractivity contribution in [3.63, 3.8) is 0 Å². The molecule has 5 aromatic rings. The number of nitrogens with one attached hydrogen (secondary N) is 1. The number of fused-ring (bicyclic) bond motifs is 4. The highest BCUT2D eigenvalue weighted by molar-refractivity contribution is 9.10. The molecule has 5 rings (SSSR count). The SMILES string of the molecule is O=c1oc2c(cc(NS(=O)(=O)c3ccc(Br)c4ccccc34)c3ccccc32)s1. The van der Waals surface area contributed by atoms with E-state index in [0.29, 0.717) is 32.1 Å². The van der Waals surface area contributed by atoms with Crippen molar-refractivity contribution < 1.29 is 12.8 Å². The van der Waals surface area contributed by atoms with Gasteiger partial charge in [0, 0.05) is 20.6 Å². The molecule has 0 spiro atoms. The summed E-state index contributed by atoms with van der Waals surface area (Å²) in [6, 6.07) is 19.5. The summed E-state index contributed by atoms with van der Waals surface area (Å²) >= 11 is 4.42. The number of halogens is 1. The molecule has 0 aliphatic heterocycles. The van der Waals surface area contributed by atoms with Crippen LogP contribution in [0.3, 0.4) is 0 Å². The van der Waals surface area contributed by atoms with Crippen LogP contribution in [0, 0.1) is 0 Å². The summed E-state index contributed by atoms with van der Waals surface area (Å²) in [5.74, 6) is 0.